The zero-order valence-electron chi connectivity index (χ0n) is 33.3. The number of hydrogen-bond acceptors (Lipinski definition) is 9. The van der Waals surface area contributed by atoms with Crippen molar-refractivity contribution in [2.24, 2.45) is 16.2 Å². The summed E-state index contributed by atoms with van der Waals surface area (Å²) in [6.45, 7) is 10.3. The molecule has 12 nitrogen and oxygen atoms in total. The normalized spacial score (nSPS) is 24.7. The van der Waals surface area contributed by atoms with Crippen molar-refractivity contribution in [3.8, 4) is 11.8 Å². The molecule has 4 fully saturated rings. The van der Waals surface area contributed by atoms with Gasteiger partial charge in [-0.1, -0.05) is 39.3 Å². The summed E-state index contributed by atoms with van der Waals surface area (Å²) in [4.78, 5) is 67.4. The number of piperidine rings is 2. The highest BCUT2D eigenvalue weighted by Gasteiger charge is 2.64. The number of anilines is 2. The molecule has 1 atom stereocenters. The topological polar surface area (TPSA) is 161 Å². The first-order chi connectivity index (χ1) is 27.6. The average molecular weight is 805 g/mol. The number of nitrogens with zero attached hydrogens (tertiary/aromatic N) is 3. The van der Waals surface area contributed by atoms with Crippen LogP contribution in [0, 0.1) is 27.6 Å². The van der Waals surface area contributed by atoms with Crippen LogP contribution in [0.15, 0.2) is 60.7 Å². The molecule has 302 valence electrons. The maximum Gasteiger partial charge on any atom is 0.262 e. The Bertz CT molecular complexity index is 2210. The van der Waals surface area contributed by atoms with Gasteiger partial charge in [-0.15, -0.1) is 0 Å². The second-order valence-corrected chi connectivity index (χ2v) is 18.4. The van der Waals surface area contributed by atoms with E-state index in [1.165, 1.54) is 0 Å². The number of halogens is 1. The molecule has 3 aromatic rings. The summed E-state index contributed by atoms with van der Waals surface area (Å²) < 4.78 is 6.38. The molecule has 5 aliphatic rings. The molecular weight excluding hydrogens is 756 g/mol. The van der Waals surface area contributed by atoms with Crippen molar-refractivity contribution in [1.82, 2.24) is 15.5 Å². The monoisotopic (exact) mass is 804 g/mol. The van der Waals surface area contributed by atoms with E-state index in [4.69, 9.17) is 16.3 Å². The SMILES string of the molecule is CC1(C)[C@H](NC(=O)c2ccc(N3CCC4(CCC(Nc5ccc6c(c5)C(=O)N(C5CCC(=O)NC5=O)C6=O)CC4)CC3)cc2)C(C)(C)[C@H]1Oc1ccc(C#N)c(Cl)c1. The molecule has 1 spiro atoms. The zero-order chi connectivity index (χ0) is 41.1. The van der Waals surface area contributed by atoms with Crippen molar-refractivity contribution in [3.63, 3.8) is 0 Å². The van der Waals surface area contributed by atoms with Gasteiger partial charge in [-0.3, -0.25) is 34.2 Å². The number of amides is 5. The second-order valence-electron chi connectivity index (χ2n) is 18.0. The van der Waals surface area contributed by atoms with E-state index in [-0.39, 0.29) is 64.3 Å². The standard InChI is InChI=1S/C45H49ClN6O6/c1-43(2)41(44(3,4)42(43)58-31-11-7-27(25-47)34(46)24-31)50-37(54)26-5-9-30(10-6-26)51-21-19-45(20-22-51)17-15-28(16-18-45)48-29-8-12-32-33(23-29)40(57)52(39(32)56)35-13-14-36(53)49-38(35)55/h5-12,23-24,28,35,41-42,48H,13-22H2,1-4H3,(H,50,54)(H,49,53,55)/t35?,41-,42-. The van der Waals surface area contributed by atoms with Gasteiger partial charge in [-0.05, 0) is 105 Å². The maximum atomic E-state index is 13.5. The molecule has 58 heavy (non-hydrogen) atoms. The molecule has 3 N–H and O–H groups in total. The second kappa shape index (κ2) is 14.8. The lowest BCUT2D eigenvalue weighted by Gasteiger charge is -2.63. The van der Waals surface area contributed by atoms with Gasteiger partial charge in [-0.2, -0.15) is 5.26 Å². The number of nitrogens with one attached hydrogen (secondary N) is 3. The summed E-state index contributed by atoms with van der Waals surface area (Å²) >= 11 is 6.25. The summed E-state index contributed by atoms with van der Waals surface area (Å²) in [5, 5.41) is 18.7. The number of benzene rings is 3. The predicted octanol–water partition coefficient (Wildman–Crippen LogP) is 6.87. The van der Waals surface area contributed by atoms with E-state index in [0.717, 1.165) is 67.9 Å². The highest BCUT2D eigenvalue weighted by Crippen LogP contribution is 2.56. The molecule has 2 aliphatic carbocycles. The van der Waals surface area contributed by atoms with Crippen LogP contribution in [-0.4, -0.2) is 71.8 Å². The van der Waals surface area contributed by atoms with E-state index in [0.29, 0.717) is 21.9 Å². The molecule has 0 aromatic heterocycles. The number of ether oxygens (including phenoxy) is 1. The lowest BCUT2D eigenvalue weighted by Crippen LogP contribution is -2.74. The van der Waals surface area contributed by atoms with Crippen LogP contribution in [0.5, 0.6) is 5.75 Å². The molecule has 3 aliphatic heterocycles. The Morgan fingerprint density at radius 2 is 1.53 bits per heavy atom. The van der Waals surface area contributed by atoms with E-state index in [1.807, 2.05) is 30.3 Å². The molecule has 2 saturated carbocycles. The Morgan fingerprint density at radius 1 is 0.862 bits per heavy atom. The van der Waals surface area contributed by atoms with Crippen LogP contribution in [0.4, 0.5) is 11.4 Å². The highest BCUT2D eigenvalue weighted by atomic mass is 35.5. The molecular formula is C45H49ClN6O6. The first-order valence-electron chi connectivity index (χ1n) is 20.2. The number of imide groups is 2. The third-order valence-electron chi connectivity index (χ3n) is 13.6. The Labute approximate surface area is 343 Å². The lowest BCUT2D eigenvalue weighted by molar-refractivity contribution is -0.164. The van der Waals surface area contributed by atoms with Crippen LogP contribution in [0.25, 0.3) is 0 Å². The minimum Gasteiger partial charge on any atom is -0.489 e. The fraction of sp³-hybridized carbons (Fsp3) is 0.467. The van der Waals surface area contributed by atoms with Gasteiger partial charge < -0.3 is 20.3 Å². The van der Waals surface area contributed by atoms with Crippen molar-refractivity contribution in [2.75, 3.05) is 23.3 Å². The third-order valence-corrected chi connectivity index (χ3v) is 13.9. The number of fused-ring (bicyclic) bond motifs is 1. The average Bonchev–Trinajstić information content (AvgIpc) is 3.45. The van der Waals surface area contributed by atoms with E-state index in [2.05, 4.69) is 54.6 Å². The van der Waals surface area contributed by atoms with Crippen LogP contribution < -0.4 is 25.6 Å². The van der Waals surface area contributed by atoms with Crippen molar-refractivity contribution in [2.45, 2.75) is 103 Å². The molecule has 8 rings (SSSR count). The van der Waals surface area contributed by atoms with Gasteiger partial charge in [0, 0.05) is 65.4 Å². The molecule has 0 radical (unpaired) electrons. The van der Waals surface area contributed by atoms with Crippen LogP contribution in [0.1, 0.15) is 116 Å². The van der Waals surface area contributed by atoms with Crippen LogP contribution in [-0.2, 0) is 9.59 Å². The third kappa shape index (κ3) is 6.97. The van der Waals surface area contributed by atoms with Gasteiger partial charge in [0.15, 0.2) is 0 Å². The van der Waals surface area contributed by atoms with Crippen LogP contribution in [0.3, 0.4) is 0 Å². The molecule has 3 heterocycles. The first kappa shape index (κ1) is 39.4. The maximum absolute atomic E-state index is 13.5. The zero-order valence-corrected chi connectivity index (χ0v) is 34.1. The Balaban J connectivity index is 0.813. The number of rotatable bonds is 8. The molecule has 2 saturated heterocycles. The van der Waals surface area contributed by atoms with Crippen molar-refractivity contribution < 1.29 is 28.7 Å². The minimum absolute atomic E-state index is 0.0867. The Morgan fingerprint density at radius 3 is 2.17 bits per heavy atom. The summed E-state index contributed by atoms with van der Waals surface area (Å²) in [6, 6.07) is 19.4. The largest absolute Gasteiger partial charge is 0.489 e. The highest BCUT2D eigenvalue weighted by molar-refractivity contribution is 6.31. The van der Waals surface area contributed by atoms with Crippen LogP contribution in [0.2, 0.25) is 5.02 Å². The van der Waals surface area contributed by atoms with E-state index >= 15 is 0 Å². The van der Waals surface area contributed by atoms with Gasteiger partial charge >= 0.3 is 0 Å². The number of nitriles is 1. The molecule has 3 aromatic carbocycles. The Kier molecular flexibility index (Phi) is 10.0. The van der Waals surface area contributed by atoms with Gasteiger partial charge in [-0.25, -0.2) is 0 Å². The lowest BCUT2D eigenvalue weighted by atomic mass is 9.49. The summed E-state index contributed by atoms with van der Waals surface area (Å²) in [7, 11) is 0. The fourth-order valence-corrected chi connectivity index (χ4v) is 10.8. The molecule has 5 amide bonds. The number of carbonyl (C=O) groups excluding carboxylic acids is 5. The predicted molar refractivity (Wildman–Crippen MR) is 219 cm³/mol. The van der Waals surface area contributed by atoms with Gasteiger partial charge in [0.05, 0.1) is 21.7 Å². The summed E-state index contributed by atoms with van der Waals surface area (Å²) in [5.41, 5.74) is 3.04. The minimum atomic E-state index is -0.980. The molecule has 1 unspecified atom stereocenters. The van der Waals surface area contributed by atoms with Crippen LogP contribution >= 0.6 is 11.6 Å². The molecule has 13 heteroatoms. The van der Waals surface area contributed by atoms with Crippen molar-refractivity contribution in [3.05, 3.63) is 87.9 Å². The number of hydrogen-bond donors (Lipinski definition) is 3. The number of carbonyl (C=O) groups is 5. The Hall–Kier alpha value is -5.41. The fourth-order valence-electron chi connectivity index (χ4n) is 10.5. The molecule has 0 bridgehead atoms. The smallest absolute Gasteiger partial charge is 0.262 e. The van der Waals surface area contributed by atoms with Gasteiger partial charge in [0.2, 0.25) is 11.8 Å². The van der Waals surface area contributed by atoms with Crippen molar-refractivity contribution >= 4 is 52.5 Å². The first-order valence-corrected chi connectivity index (χ1v) is 20.6. The summed E-state index contributed by atoms with van der Waals surface area (Å²) in [6.07, 6.45) is 6.43. The van der Waals surface area contributed by atoms with Gasteiger partial charge in [0.1, 0.15) is 24.0 Å². The summed E-state index contributed by atoms with van der Waals surface area (Å²) in [5.74, 6) is -1.53. The van der Waals surface area contributed by atoms with Crippen molar-refractivity contribution in [1.29, 1.82) is 5.26 Å². The van der Waals surface area contributed by atoms with E-state index in [9.17, 15) is 29.2 Å². The quantitative estimate of drug-likeness (QED) is 0.207. The van der Waals surface area contributed by atoms with E-state index in [1.54, 1.807) is 30.3 Å². The van der Waals surface area contributed by atoms with E-state index < -0.39 is 29.7 Å². The van der Waals surface area contributed by atoms with Gasteiger partial charge in [0.25, 0.3) is 17.7 Å².